The van der Waals surface area contributed by atoms with Gasteiger partial charge in [0.2, 0.25) is 0 Å². The van der Waals surface area contributed by atoms with Gasteiger partial charge in [0.05, 0.1) is 6.54 Å². The normalized spacial score (nSPS) is 20.9. The van der Waals surface area contributed by atoms with E-state index in [0.717, 1.165) is 69.1 Å². The van der Waals surface area contributed by atoms with Crippen molar-refractivity contribution in [2.45, 2.75) is 52.1 Å². The first kappa shape index (κ1) is 26.1. The van der Waals surface area contributed by atoms with Crippen molar-refractivity contribution in [2.75, 3.05) is 64.3 Å². The summed E-state index contributed by atoms with van der Waals surface area (Å²) in [6, 6.07) is 5.03. The lowest BCUT2D eigenvalue weighted by Crippen LogP contribution is -2.44. The molecule has 7 nitrogen and oxygen atoms in total. The van der Waals surface area contributed by atoms with Gasteiger partial charge < -0.3 is 25.3 Å². The number of nitrogens with one attached hydrogen (secondary N) is 2. The van der Waals surface area contributed by atoms with Crippen molar-refractivity contribution in [2.24, 2.45) is 4.99 Å². The highest BCUT2D eigenvalue weighted by Gasteiger charge is 2.17. The minimum Gasteiger partial charge on any atom is -0.357 e. The molecule has 0 saturated carbocycles. The Morgan fingerprint density at radius 2 is 1.94 bits per heavy atom. The molecule has 1 aromatic rings. The van der Waals surface area contributed by atoms with E-state index < -0.39 is 0 Å². The summed E-state index contributed by atoms with van der Waals surface area (Å²) in [5.74, 6) is 1.97. The molecule has 0 radical (unpaired) electrons. The molecule has 0 aromatic carbocycles. The summed E-state index contributed by atoms with van der Waals surface area (Å²) in [6.45, 7) is 13.7. The van der Waals surface area contributed by atoms with Crippen LogP contribution in [-0.4, -0.2) is 86.2 Å². The van der Waals surface area contributed by atoms with E-state index in [2.05, 4.69) is 63.3 Å². The summed E-state index contributed by atoms with van der Waals surface area (Å²) in [5.41, 5.74) is 1.15. The maximum atomic E-state index is 4.76. The monoisotopic (exact) mass is 543 g/mol. The molecule has 2 aliphatic rings. The molecule has 0 aliphatic carbocycles. The van der Waals surface area contributed by atoms with Crippen LogP contribution in [-0.2, 0) is 6.54 Å². The van der Waals surface area contributed by atoms with E-state index in [1.54, 1.807) is 0 Å². The standard InChI is InChI=1S/C23H41N7.HI/c1-4-24-23(25-11-7-13-29-12-6-5-8-20(29)2)27-19-21-9-10-22(26-18-21)30-16-14-28(3)15-17-30;/h9-10,18,20H,4-8,11-17,19H2,1-3H3,(H2,24,25,27);1H. The second-order valence-electron chi connectivity index (χ2n) is 8.67. The van der Waals surface area contributed by atoms with Gasteiger partial charge in [-0.15, -0.1) is 24.0 Å². The number of nitrogens with zero attached hydrogens (tertiary/aromatic N) is 5. The molecule has 2 fully saturated rings. The Morgan fingerprint density at radius 1 is 1.13 bits per heavy atom. The fourth-order valence-electron chi connectivity index (χ4n) is 4.22. The summed E-state index contributed by atoms with van der Waals surface area (Å²) < 4.78 is 0. The molecular formula is C23H42IN7. The molecule has 2 saturated heterocycles. The van der Waals surface area contributed by atoms with Crippen LogP contribution >= 0.6 is 24.0 Å². The highest BCUT2D eigenvalue weighted by Crippen LogP contribution is 2.16. The van der Waals surface area contributed by atoms with Crippen molar-refractivity contribution < 1.29 is 0 Å². The third kappa shape index (κ3) is 8.73. The van der Waals surface area contributed by atoms with Crippen LogP contribution in [0.5, 0.6) is 0 Å². The third-order valence-corrected chi connectivity index (χ3v) is 6.26. The number of rotatable bonds is 8. The van der Waals surface area contributed by atoms with Gasteiger partial charge in [-0.05, 0) is 58.3 Å². The van der Waals surface area contributed by atoms with Gasteiger partial charge in [-0.3, -0.25) is 0 Å². The number of aromatic nitrogens is 1. The summed E-state index contributed by atoms with van der Waals surface area (Å²) >= 11 is 0. The van der Waals surface area contributed by atoms with Gasteiger partial charge in [0.25, 0.3) is 0 Å². The Bertz CT molecular complexity index is 644. The van der Waals surface area contributed by atoms with E-state index in [-0.39, 0.29) is 24.0 Å². The number of likely N-dealkylation sites (tertiary alicyclic amines) is 1. The molecule has 3 rings (SSSR count). The van der Waals surface area contributed by atoms with Crippen molar-refractivity contribution in [1.82, 2.24) is 25.4 Å². The fourth-order valence-corrected chi connectivity index (χ4v) is 4.22. The molecule has 0 bridgehead atoms. The molecule has 0 spiro atoms. The van der Waals surface area contributed by atoms with Crippen molar-refractivity contribution >= 4 is 35.8 Å². The molecule has 8 heteroatoms. The zero-order valence-corrected chi connectivity index (χ0v) is 22.0. The van der Waals surface area contributed by atoms with Crippen LogP contribution < -0.4 is 15.5 Å². The Morgan fingerprint density at radius 3 is 2.61 bits per heavy atom. The lowest BCUT2D eigenvalue weighted by atomic mass is 10.0. The largest absolute Gasteiger partial charge is 0.357 e. The SMILES string of the molecule is CCNC(=NCc1ccc(N2CCN(C)CC2)nc1)NCCCN1CCCCC1C.I. The number of anilines is 1. The molecule has 1 atom stereocenters. The molecule has 176 valence electrons. The molecule has 3 heterocycles. The fraction of sp³-hybridized carbons (Fsp3) is 0.739. The average Bonchev–Trinajstić information content (AvgIpc) is 2.77. The van der Waals surface area contributed by atoms with Crippen LogP contribution in [0.4, 0.5) is 5.82 Å². The lowest BCUT2D eigenvalue weighted by molar-refractivity contribution is 0.159. The smallest absolute Gasteiger partial charge is 0.191 e. The molecular weight excluding hydrogens is 501 g/mol. The van der Waals surface area contributed by atoms with Gasteiger partial charge >= 0.3 is 0 Å². The van der Waals surface area contributed by atoms with Gasteiger partial charge in [-0.25, -0.2) is 9.98 Å². The zero-order chi connectivity index (χ0) is 21.2. The summed E-state index contributed by atoms with van der Waals surface area (Å²) in [6.07, 6.45) is 7.20. The molecule has 31 heavy (non-hydrogen) atoms. The maximum absolute atomic E-state index is 4.76. The van der Waals surface area contributed by atoms with E-state index in [9.17, 15) is 0 Å². The van der Waals surface area contributed by atoms with Crippen molar-refractivity contribution in [3.05, 3.63) is 23.9 Å². The Balaban J connectivity index is 0.00000341. The second kappa shape index (κ2) is 14.1. The van der Waals surface area contributed by atoms with Gasteiger partial charge in [-0.2, -0.15) is 0 Å². The Kier molecular flexibility index (Phi) is 11.9. The summed E-state index contributed by atoms with van der Waals surface area (Å²) in [7, 11) is 2.18. The van der Waals surface area contributed by atoms with Gasteiger partial charge in [0.15, 0.2) is 5.96 Å². The number of piperazine rings is 1. The molecule has 2 aliphatic heterocycles. The first-order chi connectivity index (χ1) is 14.7. The second-order valence-corrected chi connectivity index (χ2v) is 8.67. The summed E-state index contributed by atoms with van der Waals surface area (Å²) in [4.78, 5) is 16.8. The van der Waals surface area contributed by atoms with Crippen LogP contribution in [0.1, 0.15) is 45.1 Å². The quantitative estimate of drug-likeness (QED) is 0.228. The van der Waals surface area contributed by atoms with E-state index in [1.807, 2.05) is 6.20 Å². The third-order valence-electron chi connectivity index (χ3n) is 6.26. The van der Waals surface area contributed by atoms with Crippen molar-refractivity contribution in [3.8, 4) is 0 Å². The number of halogens is 1. The van der Waals surface area contributed by atoms with Crippen LogP contribution in [0.15, 0.2) is 23.3 Å². The molecule has 1 aromatic heterocycles. The van der Waals surface area contributed by atoms with Gasteiger partial charge in [0.1, 0.15) is 5.82 Å². The number of piperidine rings is 1. The lowest BCUT2D eigenvalue weighted by Gasteiger charge is -2.33. The topological polar surface area (TPSA) is 59.0 Å². The number of hydrogen-bond acceptors (Lipinski definition) is 5. The number of likely N-dealkylation sites (N-methyl/N-ethyl adjacent to an activating group) is 1. The number of aliphatic imine (C=N–C) groups is 1. The first-order valence-corrected chi connectivity index (χ1v) is 11.8. The zero-order valence-electron chi connectivity index (χ0n) is 19.6. The Hall–Kier alpha value is -1.13. The maximum Gasteiger partial charge on any atom is 0.191 e. The average molecular weight is 544 g/mol. The van der Waals surface area contributed by atoms with Gasteiger partial charge in [-0.1, -0.05) is 12.5 Å². The highest BCUT2D eigenvalue weighted by atomic mass is 127. The predicted octanol–water partition coefficient (Wildman–Crippen LogP) is 2.77. The summed E-state index contributed by atoms with van der Waals surface area (Å²) in [5, 5.41) is 6.85. The minimum atomic E-state index is 0. The minimum absolute atomic E-state index is 0. The number of hydrogen-bond donors (Lipinski definition) is 2. The number of guanidine groups is 1. The van der Waals surface area contributed by atoms with Crippen LogP contribution in [0.2, 0.25) is 0 Å². The first-order valence-electron chi connectivity index (χ1n) is 11.8. The predicted molar refractivity (Wildman–Crippen MR) is 142 cm³/mol. The number of pyridine rings is 1. The molecule has 2 N–H and O–H groups in total. The van der Waals surface area contributed by atoms with E-state index in [0.29, 0.717) is 6.54 Å². The molecule has 0 amide bonds. The van der Waals surface area contributed by atoms with Crippen molar-refractivity contribution in [3.63, 3.8) is 0 Å². The van der Waals surface area contributed by atoms with Crippen molar-refractivity contribution in [1.29, 1.82) is 0 Å². The van der Waals surface area contributed by atoms with E-state index in [4.69, 9.17) is 4.99 Å². The van der Waals surface area contributed by atoms with E-state index in [1.165, 1.54) is 32.4 Å². The van der Waals surface area contributed by atoms with E-state index >= 15 is 0 Å². The van der Waals surface area contributed by atoms with Crippen LogP contribution in [0.3, 0.4) is 0 Å². The van der Waals surface area contributed by atoms with Gasteiger partial charge in [0, 0.05) is 58.1 Å². The molecule has 1 unspecified atom stereocenters. The highest BCUT2D eigenvalue weighted by molar-refractivity contribution is 14.0. The van der Waals surface area contributed by atoms with Crippen LogP contribution in [0.25, 0.3) is 0 Å². The Labute approximate surface area is 206 Å². The van der Waals surface area contributed by atoms with Crippen LogP contribution in [0, 0.1) is 0 Å².